The minimum absolute atomic E-state index is 0.0403. The smallest absolute Gasteiger partial charge is 0.269 e. The van der Waals surface area contributed by atoms with E-state index in [-0.39, 0.29) is 34.8 Å². The summed E-state index contributed by atoms with van der Waals surface area (Å²) in [6.45, 7) is 0. The van der Waals surface area contributed by atoms with Crippen molar-refractivity contribution >= 4 is 29.1 Å². The van der Waals surface area contributed by atoms with Crippen LogP contribution in [0.25, 0.3) is 0 Å². The highest BCUT2D eigenvalue weighted by Crippen LogP contribution is 2.44. The number of benzene rings is 2. The number of carbonyl (C=O) groups is 2. The van der Waals surface area contributed by atoms with Crippen molar-refractivity contribution in [2.75, 3.05) is 0 Å². The summed E-state index contributed by atoms with van der Waals surface area (Å²) in [6, 6.07) is 13.1. The molecule has 0 bridgehead atoms. The van der Waals surface area contributed by atoms with E-state index in [0.29, 0.717) is 17.7 Å². The highest BCUT2D eigenvalue weighted by molar-refractivity contribution is 7.99. The molecule has 2 heterocycles. The maximum absolute atomic E-state index is 13.3. The van der Waals surface area contributed by atoms with Gasteiger partial charge in [-0.15, -0.1) is 11.8 Å². The second-order valence-electron chi connectivity index (χ2n) is 8.68. The van der Waals surface area contributed by atoms with Crippen LogP contribution in [0.5, 0.6) is 5.75 Å². The summed E-state index contributed by atoms with van der Waals surface area (Å²) in [5.74, 6) is -0.328. The summed E-state index contributed by atoms with van der Waals surface area (Å²) >= 11 is 1.48. The number of nitrogens with zero attached hydrogens (tertiary/aromatic N) is 1. The molecule has 10 heteroatoms. The molecule has 2 aliphatic heterocycles. The number of hydrogen-bond donors (Lipinski definition) is 4. The number of nitro benzene ring substituents is 1. The number of aromatic hydroxyl groups is 1. The molecule has 0 saturated carbocycles. The predicted molar refractivity (Wildman–Crippen MR) is 127 cm³/mol. The number of amides is 1. The first-order chi connectivity index (χ1) is 16.4. The van der Waals surface area contributed by atoms with Crippen LogP contribution in [0.15, 0.2) is 59.8 Å². The Hall–Kier alpha value is -3.37. The number of ketones is 1. The Morgan fingerprint density at radius 2 is 1.76 bits per heavy atom. The summed E-state index contributed by atoms with van der Waals surface area (Å²) in [4.78, 5) is 36.7. The van der Waals surface area contributed by atoms with Crippen LogP contribution in [0.3, 0.4) is 0 Å². The Balaban J connectivity index is 1.37. The van der Waals surface area contributed by atoms with E-state index in [1.54, 1.807) is 36.4 Å². The summed E-state index contributed by atoms with van der Waals surface area (Å²) in [7, 11) is 0. The number of hydrogen-bond acceptors (Lipinski definition) is 8. The fourth-order valence-corrected chi connectivity index (χ4v) is 5.93. The Morgan fingerprint density at radius 3 is 2.47 bits per heavy atom. The second kappa shape index (κ2) is 9.11. The zero-order valence-corrected chi connectivity index (χ0v) is 19.0. The van der Waals surface area contributed by atoms with E-state index in [2.05, 4.69) is 16.0 Å². The fraction of sp³-hybridized carbons (Fsp3) is 0.333. The molecule has 1 saturated heterocycles. The number of allylic oxidation sites excluding steroid dienone is 2. The highest BCUT2D eigenvalue weighted by Gasteiger charge is 2.49. The number of carbonyl (C=O) groups excluding carboxylic acids is 2. The van der Waals surface area contributed by atoms with Crippen LogP contribution >= 0.6 is 11.8 Å². The van der Waals surface area contributed by atoms with Gasteiger partial charge in [0.2, 0.25) is 5.91 Å². The van der Waals surface area contributed by atoms with Gasteiger partial charge in [-0.1, -0.05) is 24.3 Å². The maximum atomic E-state index is 13.3. The molecule has 5 rings (SSSR count). The number of Topliss-reactive ketones (excluding diaryl/α,β-unsaturated/α-hetero) is 1. The monoisotopic (exact) mass is 480 g/mol. The van der Waals surface area contributed by atoms with Crippen LogP contribution in [0.2, 0.25) is 0 Å². The molecular formula is C24H24N4O5S. The summed E-state index contributed by atoms with van der Waals surface area (Å²) < 4.78 is 0. The number of fused-ring (bicyclic) bond motifs is 1. The number of nitrogens with one attached hydrogen (secondary N) is 3. The van der Waals surface area contributed by atoms with Gasteiger partial charge in [-0.25, -0.2) is 0 Å². The standard InChI is InChI=1S/C24H24N4O5S/c29-16-10-6-14(7-11-16)19-20-17(2-1-3-18(20)30)25-22-21(19)23(31)27-24(26-22)34-12-13-4-8-15(9-5-13)28(32)33/h4-11,19,21-22,24-26,29H,1-3,12H2,(H,27,31). The molecule has 2 aromatic rings. The van der Waals surface area contributed by atoms with E-state index >= 15 is 0 Å². The molecule has 9 nitrogen and oxygen atoms in total. The van der Waals surface area contributed by atoms with Crippen molar-refractivity contribution in [2.24, 2.45) is 5.92 Å². The van der Waals surface area contributed by atoms with Gasteiger partial charge in [0.05, 0.1) is 17.0 Å². The third kappa shape index (κ3) is 4.26. The SMILES string of the molecule is O=C1CCCC2=C1C(c1ccc(O)cc1)C1C(=O)NC(SCc3ccc([N+](=O)[O-])cc3)NC1N2. The highest BCUT2D eigenvalue weighted by atomic mass is 32.2. The lowest BCUT2D eigenvalue weighted by Crippen LogP contribution is -2.67. The predicted octanol–water partition coefficient (Wildman–Crippen LogP) is 2.87. The van der Waals surface area contributed by atoms with Crippen LogP contribution in [-0.2, 0) is 15.3 Å². The Labute approximate surface area is 200 Å². The molecule has 0 spiro atoms. The first-order valence-corrected chi connectivity index (χ1v) is 12.2. The van der Waals surface area contributed by atoms with Crippen molar-refractivity contribution in [3.05, 3.63) is 81.0 Å². The first kappa shape index (κ1) is 22.4. The van der Waals surface area contributed by atoms with E-state index < -0.39 is 16.8 Å². The average molecular weight is 481 g/mol. The molecule has 176 valence electrons. The van der Waals surface area contributed by atoms with Crippen molar-refractivity contribution in [2.45, 2.75) is 42.6 Å². The van der Waals surface area contributed by atoms with Crippen molar-refractivity contribution in [3.63, 3.8) is 0 Å². The number of thioether (sulfide) groups is 1. The molecule has 1 fully saturated rings. The van der Waals surface area contributed by atoms with Gasteiger partial charge in [-0.3, -0.25) is 25.0 Å². The van der Waals surface area contributed by atoms with Crippen molar-refractivity contribution in [3.8, 4) is 5.75 Å². The number of phenols is 1. The zero-order chi connectivity index (χ0) is 23.8. The lowest BCUT2D eigenvalue weighted by Gasteiger charge is -2.47. The second-order valence-corrected chi connectivity index (χ2v) is 9.77. The van der Waals surface area contributed by atoms with Crippen LogP contribution in [0.4, 0.5) is 5.69 Å². The molecule has 2 aromatic carbocycles. The molecule has 34 heavy (non-hydrogen) atoms. The third-order valence-electron chi connectivity index (χ3n) is 6.54. The third-order valence-corrected chi connectivity index (χ3v) is 7.63. The molecule has 1 aliphatic carbocycles. The van der Waals surface area contributed by atoms with Gasteiger partial charge in [0.1, 0.15) is 11.2 Å². The van der Waals surface area contributed by atoms with Gasteiger partial charge < -0.3 is 15.7 Å². The molecule has 0 aromatic heterocycles. The normalized spacial score (nSPS) is 26.2. The van der Waals surface area contributed by atoms with Crippen LogP contribution in [0.1, 0.15) is 36.3 Å². The summed E-state index contributed by atoms with van der Waals surface area (Å²) in [5.41, 5.74) is 2.97. The molecule has 4 N–H and O–H groups in total. The Morgan fingerprint density at radius 1 is 1.03 bits per heavy atom. The van der Waals surface area contributed by atoms with Gasteiger partial charge in [-0.05, 0) is 36.1 Å². The van der Waals surface area contributed by atoms with E-state index in [1.165, 1.54) is 23.9 Å². The quantitative estimate of drug-likeness (QED) is 0.379. The Kier molecular flexibility index (Phi) is 6.01. The number of non-ortho nitro benzene ring substituents is 1. The largest absolute Gasteiger partial charge is 0.508 e. The van der Waals surface area contributed by atoms with Gasteiger partial charge >= 0.3 is 0 Å². The summed E-state index contributed by atoms with van der Waals surface area (Å²) in [5, 5.41) is 30.5. The van der Waals surface area contributed by atoms with Gasteiger partial charge in [0, 0.05) is 41.5 Å². The minimum atomic E-state index is -0.526. The topological polar surface area (TPSA) is 134 Å². The molecule has 1 amide bonds. The van der Waals surface area contributed by atoms with Gasteiger partial charge in [-0.2, -0.15) is 0 Å². The lowest BCUT2D eigenvalue weighted by molar-refractivity contribution is -0.384. The van der Waals surface area contributed by atoms with E-state index in [9.17, 15) is 24.8 Å². The van der Waals surface area contributed by atoms with Crippen molar-refractivity contribution < 1.29 is 19.6 Å². The number of rotatable bonds is 5. The Bertz CT molecular complexity index is 1160. The molecular weight excluding hydrogens is 456 g/mol. The van der Waals surface area contributed by atoms with Gasteiger partial charge in [0.15, 0.2) is 5.78 Å². The minimum Gasteiger partial charge on any atom is -0.508 e. The molecule has 4 atom stereocenters. The first-order valence-electron chi connectivity index (χ1n) is 11.1. The van der Waals surface area contributed by atoms with Crippen molar-refractivity contribution in [1.29, 1.82) is 0 Å². The van der Waals surface area contributed by atoms with Crippen LogP contribution < -0.4 is 16.0 Å². The number of phenolic OH excluding ortho intramolecular Hbond substituents is 1. The average Bonchev–Trinajstić information content (AvgIpc) is 2.82. The van der Waals surface area contributed by atoms with E-state index in [4.69, 9.17) is 0 Å². The summed E-state index contributed by atoms with van der Waals surface area (Å²) in [6.07, 6.45) is 1.64. The van der Waals surface area contributed by atoms with Gasteiger partial charge in [0.25, 0.3) is 5.69 Å². The number of nitro groups is 1. The van der Waals surface area contributed by atoms with Crippen LogP contribution in [0, 0.1) is 16.0 Å². The van der Waals surface area contributed by atoms with Crippen molar-refractivity contribution in [1.82, 2.24) is 16.0 Å². The van der Waals surface area contributed by atoms with Crippen LogP contribution in [-0.4, -0.2) is 33.4 Å². The van der Waals surface area contributed by atoms with E-state index in [1.807, 2.05) is 0 Å². The lowest BCUT2D eigenvalue weighted by atomic mass is 9.70. The van der Waals surface area contributed by atoms with E-state index in [0.717, 1.165) is 29.7 Å². The zero-order valence-electron chi connectivity index (χ0n) is 18.2. The maximum Gasteiger partial charge on any atom is 0.269 e. The molecule has 0 radical (unpaired) electrons. The fourth-order valence-electron chi connectivity index (χ4n) is 4.94. The molecule has 3 aliphatic rings. The molecule has 4 unspecified atom stereocenters.